The smallest absolute Gasteiger partial charge is 0.270 e. The van der Waals surface area contributed by atoms with Gasteiger partial charge in [-0.1, -0.05) is 0 Å². The fraction of sp³-hybridized carbons (Fsp3) is 0.182. The van der Waals surface area contributed by atoms with E-state index in [1.54, 1.807) is 0 Å². The third-order valence-corrected chi connectivity index (χ3v) is 5.71. The van der Waals surface area contributed by atoms with Gasteiger partial charge in [0.25, 0.3) is 11.5 Å². The van der Waals surface area contributed by atoms with Crippen molar-refractivity contribution in [3.8, 4) is 0 Å². The van der Waals surface area contributed by atoms with Gasteiger partial charge in [-0.25, -0.2) is 17.6 Å². The number of hydrogen-bond donors (Lipinski definition) is 2. The number of carbonyl (C=O) groups is 1. The van der Waals surface area contributed by atoms with Gasteiger partial charge in [-0.2, -0.15) is 0 Å². The SMILES string of the molecule is CN(C(=O)c1cc2c(F)cc(F)cc2[nH]1)C1COCc2[nH]c(=O)c3cc(F)c(F)cc3c21. The maximum absolute atomic E-state index is 14.1. The van der Waals surface area contributed by atoms with Crippen LogP contribution in [0.4, 0.5) is 17.6 Å². The van der Waals surface area contributed by atoms with Gasteiger partial charge < -0.3 is 19.6 Å². The molecule has 10 heteroatoms. The van der Waals surface area contributed by atoms with Crippen LogP contribution in [0.15, 0.2) is 35.1 Å². The topological polar surface area (TPSA) is 78.2 Å². The van der Waals surface area contributed by atoms with E-state index in [0.29, 0.717) is 11.3 Å². The number of pyridine rings is 1. The van der Waals surface area contributed by atoms with Crippen molar-refractivity contribution in [2.24, 2.45) is 0 Å². The van der Waals surface area contributed by atoms with Gasteiger partial charge >= 0.3 is 0 Å². The number of nitrogens with one attached hydrogen (secondary N) is 2. The van der Waals surface area contributed by atoms with Crippen LogP contribution in [0.5, 0.6) is 0 Å². The summed E-state index contributed by atoms with van der Waals surface area (Å²) in [6.07, 6.45) is 0. The fourth-order valence-corrected chi connectivity index (χ4v) is 4.15. The van der Waals surface area contributed by atoms with Gasteiger partial charge in [0.05, 0.1) is 30.2 Å². The Hall–Kier alpha value is -3.66. The maximum atomic E-state index is 14.1. The maximum Gasteiger partial charge on any atom is 0.270 e. The van der Waals surface area contributed by atoms with E-state index in [9.17, 15) is 27.2 Å². The van der Waals surface area contributed by atoms with Crippen LogP contribution in [-0.2, 0) is 11.3 Å². The summed E-state index contributed by atoms with van der Waals surface area (Å²) in [6, 6.07) is 4.04. The first-order chi connectivity index (χ1) is 15.2. The minimum atomic E-state index is -1.16. The average Bonchev–Trinajstić information content (AvgIpc) is 3.18. The molecule has 6 nitrogen and oxygen atoms in total. The van der Waals surface area contributed by atoms with Crippen molar-refractivity contribution in [3.05, 3.63) is 80.9 Å². The zero-order valence-corrected chi connectivity index (χ0v) is 16.6. The van der Waals surface area contributed by atoms with Gasteiger partial charge in [0.2, 0.25) is 0 Å². The first-order valence-electron chi connectivity index (χ1n) is 9.61. The third-order valence-electron chi connectivity index (χ3n) is 5.71. The highest BCUT2D eigenvalue weighted by Crippen LogP contribution is 2.34. The molecule has 1 atom stereocenters. The van der Waals surface area contributed by atoms with Crippen LogP contribution in [0, 0.1) is 23.3 Å². The molecule has 4 aromatic rings. The van der Waals surface area contributed by atoms with E-state index in [1.165, 1.54) is 18.0 Å². The molecule has 0 spiro atoms. The molecule has 1 aliphatic heterocycles. The predicted octanol–water partition coefficient (Wildman–Crippen LogP) is 3.91. The van der Waals surface area contributed by atoms with Crippen LogP contribution >= 0.6 is 0 Å². The molecule has 164 valence electrons. The summed E-state index contributed by atoms with van der Waals surface area (Å²) < 4.78 is 60.8. The number of rotatable bonds is 2. The number of hydrogen-bond acceptors (Lipinski definition) is 3. The lowest BCUT2D eigenvalue weighted by Gasteiger charge is -2.33. The van der Waals surface area contributed by atoms with Gasteiger partial charge in [-0.3, -0.25) is 9.59 Å². The Morgan fingerprint density at radius 1 is 0.969 bits per heavy atom. The number of benzene rings is 2. The first kappa shape index (κ1) is 20.3. The van der Waals surface area contributed by atoms with E-state index in [1.807, 2.05) is 0 Å². The molecular formula is C22H15F4N3O3. The number of ether oxygens (including phenoxy) is 1. The van der Waals surface area contributed by atoms with Crippen LogP contribution in [0.25, 0.3) is 21.7 Å². The van der Waals surface area contributed by atoms with Crippen molar-refractivity contribution < 1.29 is 27.1 Å². The number of likely N-dealkylation sites (N-methyl/N-ethyl adjacent to an activating group) is 1. The molecule has 32 heavy (non-hydrogen) atoms. The Kier molecular flexibility index (Phi) is 4.55. The van der Waals surface area contributed by atoms with Crippen molar-refractivity contribution in [1.82, 2.24) is 14.9 Å². The average molecular weight is 445 g/mol. The lowest BCUT2D eigenvalue weighted by Crippen LogP contribution is -2.37. The van der Waals surface area contributed by atoms with Crippen LogP contribution in [-0.4, -0.2) is 34.4 Å². The fourth-order valence-electron chi connectivity index (χ4n) is 4.15. The van der Waals surface area contributed by atoms with E-state index < -0.39 is 40.8 Å². The molecule has 0 saturated carbocycles. The number of nitrogens with zero attached hydrogens (tertiary/aromatic N) is 1. The highest BCUT2D eigenvalue weighted by Gasteiger charge is 2.32. The zero-order valence-electron chi connectivity index (χ0n) is 16.6. The zero-order chi connectivity index (χ0) is 22.7. The number of aromatic nitrogens is 2. The predicted molar refractivity (Wildman–Crippen MR) is 107 cm³/mol. The Bertz CT molecular complexity index is 1480. The van der Waals surface area contributed by atoms with E-state index >= 15 is 0 Å². The molecule has 0 radical (unpaired) electrons. The Balaban J connectivity index is 1.62. The molecule has 1 unspecified atom stereocenters. The summed E-state index contributed by atoms with van der Waals surface area (Å²) in [5.74, 6) is -4.46. The summed E-state index contributed by atoms with van der Waals surface area (Å²) >= 11 is 0. The molecule has 1 amide bonds. The van der Waals surface area contributed by atoms with E-state index in [2.05, 4.69) is 9.97 Å². The van der Waals surface area contributed by atoms with Crippen molar-refractivity contribution in [2.45, 2.75) is 12.6 Å². The molecule has 1 aliphatic rings. The standard InChI is InChI=1S/C22H15F4N3O3/c1-29(22(31)17-6-12-13(24)2-9(23)3-16(12)27-17)19-8-32-7-18-20(19)10-4-14(25)15(26)5-11(10)21(30)28-18/h2-6,19,27H,7-8H2,1H3,(H,28,30). The number of amides is 1. The van der Waals surface area contributed by atoms with Crippen LogP contribution < -0.4 is 5.56 Å². The van der Waals surface area contributed by atoms with Gasteiger partial charge in [-0.05, 0) is 29.7 Å². The highest BCUT2D eigenvalue weighted by atomic mass is 19.2. The lowest BCUT2D eigenvalue weighted by atomic mass is 9.95. The monoisotopic (exact) mass is 445 g/mol. The normalized spacial score (nSPS) is 15.8. The molecule has 2 N–H and O–H groups in total. The van der Waals surface area contributed by atoms with Gasteiger partial charge in [-0.15, -0.1) is 0 Å². The van der Waals surface area contributed by atoms with Crippen molar-refractivity contribution in [1.29, 1.82) is 0 Å². The molecule has 3 heterocycles. The van der Waals surface area contributed by atoms with Crippen molar-refractivity contribution in [3.63, 3.8) is 0 Å². The molecule has 2 aromatic carbocycles. The Labute approximate surface area is 177 Å². The second kappa shape index (κ2) is 7.20. The largest absolute Gasteiger partial charge is 0.373 e. The van der Waals surface area contributed by atoms with Gasteiger partial charge in [0, 0.05) is 29.8 Å². The molecule has 0 bridgehead atoms. The Morgan fingerprint density at radius 2 is 1.69 bits per heavy atom. The highest BCUT2D eigenvalue weighted by molar-refractivity contribution is 5.98. The Morgan fingerprint density at radius 3 is 2.44 bits per heavy atom. The van der Waals surface area contributed by atoms with Gasteiger partial charge in [0.1, 0.15) is 17.3 Å². The second-order valence-corrected chi connectivity index (χ2v) is 7.64. The van der Waals surface area contributed by atoms with Crippen molar-refractivity contribution >= 4 is 27.6 Å². The van der Waals surface area contributed by atoms with Crippen LogP contribution in [0.3, 0.4) is 0 Å². The van der Waals surface area contributed by atoms with Crippen LogP contribution in [0.1, 0.15) is 27.8 Å². The molecule has 2 aromatic heterocycles. The lowest BCUT2D eigenvalue weighted by molar-refractivity contribution is 0.0333. The van der Waals surface area contributed by atoms with E-state index in [-0.39, 0.29) is 40.6 Å². The summed E-state index contributed by atoms with van der Waals surface area (Å²) in [5.41, 5.74) is 0.282. The third kappa shape index (κ3) is 3.06. The molecular weight excluding hydrogens is 430 g/mol. The molecule has 0 saturated heterocycles. The summed E-state index contributed by atoms with van der Waals surface area (Å²) in [4.78, 5) is 32.1. The molecule has 5 rings (SSSR count). The van der Waals surface area contributed by atoms with E-state index in [4.69, 9.17) is 4.74 Å². The summed E-state index contributed by atoms with van der Waals surface area (Å²) in [5, 5.41) is 0.162. The number of H-pyrrole nitrogens is 2. The summed E-state index contributed by atoms with van der Waals surface area (Å²) in [7, 11) is 1.46. The first-order valence-corrected chi connectivity index (χ1v) is 9.61. The van der Waals surface area contributed by atoms with Gasteiger partial charge in [0.15, 0.2) is 11.6 Å². The van der Waals surface area contributed by atoms with Crippen LogP contribution in [0.2, 0.25) is 0 Å². The molecule has 0 aliphatic carbocycles. The second-order valence-electron chi connectivity index (χ2n) is 7.64. The molecule has 0 fully saturated rings. The number of halogens is 4. The minimum Gasteiger partial charge on any atom is -0.373 e. The number of carbonyl (C=O) groups excluding carboxylic acids is 1. The quantitative estimate of drug-likeness (QED) is 0.460. The summed E-state index contributed by atoms with van der Waals surface area (Å²) in [6.45, 7) is 0.0491. The van der Waals surface area contributed by atoms with E-state index in [0.717, 1.165) is 24.3 Å². The number of aromatic amines is 2. The van der Waals surface area contributed by atoms with Crippen molar-refractivity contribution in [2.75, 3.05) is 13.7 Å². The minimum absolute atomic E-state index is 0.00470. The number of fused-ring (bicyclic) bond motifs is 4.